The fourth-order valence-corrected chi connectivity index (χ4v) is 4.92. The zero-order chi connectivity index (χ0) is 26.5. The van der Waals surface area contributed by atoms with Gasteiger partial charge in [-0.3, -0.25) is 4.79 Å². The number of nitrogens with two attached hydrogens (primary N) is 2. The highest BCUT2D eigenvalue weighted by Gasteiger charge is 2.51. The van der Waals surface area contributed by atoms with E-state index >= 15 is 0 Å². The predicted octanol–water partition coefficient (Wildman–Crippen LogP) is -4.44. The Morgan fingerprint density at radius 1 is 1.19 bits per heavy atom. The molecule has 11 atom stereocenters. The van der Waals surface area contributed by atoms with Crippen molar-refractivity contribution in [2.24, 2.45) is 11.5 Å². The molecular weight excluding hydrogens is 478 g/mol. The van der Waals surface area contributed by atoms with Gasteiger partial charge in [0.15, 0.2) is 6.29 Å². The van der Waals surface area contributed by atoms with E-state index in [4.69, 9.17) is 35.5 Å². The predicted molar refractivity (Wildman–Crippen MR) is 126 cm³/mol. The third-order valence-corrected chi connectivity index (χ3v) is 6.85. The third-order valence-electron chi connectivity index (χ3n) is 6.85. The van der Waals surface area contributed by atoms with Crippen LogP contribution in [0.3, 0.4) is 0 Å². The van der Waals surface area contributed by atoms with Gasteiger partial charge < -0.3 is 66.8 Å². The minimum atomic E-state index is -1.35. The highest BCUT2D eigenvalue weighted by molar-refractivity contribution is 5.47. The standard InChI is InChI=1S/C22H41N5O9/c1-22(32)9-33-21(16(31)19(22)25-2)36-18-14(27-10-29)7-13(24)17(15(18)30)35-20-12(23)4-3-11(34-20)8-26-5-6-28/h3,10,12-21,25-26,28,30-32H,4-9,23-24H2,1-2H3,(H,27,29)/t12-,13+,14-,15+,16-,17?,18+,19-,20-,21-,22+/m1/s1. The van der Waals surface area contributed by atoms with E-state index in [1.807, 2.05) is 6.08 Å². The van der Waals surface area contributed by atoms with Crippen LogP contribution in [0.4, 0.5) is 0 Å². The molecule has 3 rings (SSSR count). The van der Waals surface area contributed by atoms with E-state index in [1.165, 1.54) is 6.92 Å². The summed E-state index contributed by atoms with van der Waals surface area (Å²) in [6.45, 7) is 2.15. The topological polar surface area (TPSA) is 223 Å². The molecule has 1 amide bonds. The monoisotopic (exact) mass is 519 g/mol. The molecule has 0 bridgehead atoms. The molecule has 1 saturated carbocycles. The minimum Gasteiger partial charge on any atom is -0.467 e. The van der Waals surface area contributed by atoms with Crippen LogP contribution < -0.4 is 27.4 Å². The van der Waals surface area contributed by atoms with E-state index in [0.717, 1.165) is 0 Å². The first-order chi connectivity index (χ1) is 17.1. The maximum absolute atomic E-state index is 11.3. The summed E-state index contributed by atoms with van der Waals surface area (Å²) in [4.78, 5) is 11.2. The fourth-order valence-electron chi connectivity index (χ4n) is 4.92. The molecule has 36 heavy (non-hydrogen) atoms. The Balaban J connectivity index is 1.71. The Labute approximate surface area is 210 Å². The number of carbonyl (C=O) groups excluding carboxylic acids is 1. The lowest BCUT2D eigenvalue weighted by molar-refractivity contribution is -0.304. The molecule has 2 aliphatic heterocycles. The summed E-state index contributed by atoms with van der Waals surface area (Å²) in [5, 5.41) is 50.0. The summed E-state index contributed by atoms with van der Waals surface area (Å²) in [6, 6.07) is -2.67. The van der Waals surface area contributed by atoms with Gasteiger partial charge in [-0.25, -0.2) is 0 Å². The van der Waals surface area contributed by atoms with Crippen molar-refractivity contribution in [3.05, 3.63) is 11.8 Å². The zero-order valence-corrected chi connectivity index (χ0v) is 20.7. The van der Waals surface area contributed by atoms with E-state index in [0.29, 0.717) is 31.7 Å². The Bertz CT molecular complexity index is 745. The van der Waals surface area contributed by atoms with E-state index in [-0.39, 0.29) is 19.6 Å². The van der Waals surface area contributed by atoms with Crippen molar-refractivity contribution < 1.29 is 44.2 Å². The second-order valence-electron chi connectivity index (χ2n) is 9.73. The number of likely N-dealkylation sites (N-methyl/N-ethyl adjacent to an activating group) is 1. The molecule has 0 radical (unpaired) electrons. The van der Waals surface area contributed by atoms with Crippen LogP contribution in [-0.4, -0.2) is 127 Å². The van der Waals surface area contributed by atoms with Crippen molar-refractivity contribution in [3.63, 3.8) is 0 Å². The molecule has 1 saturated heterocycles. The van der Waals surface area contributed by atoms with Gasteiger partial charge in [-0.1, -0.05) is 0 Å². The third kappa shape index (κ3) is 6.71. The van der Waals surface area contributed by atoms with Gasteiger partial charge in [0, 0.05) is 12.6 Å². The molecule has 0 aromatic carbocycles. The number of nitrogens with one attached hydrogen (secondary N) is 3. The number of hydrogen-bond donors (Lipinski definition) is 9. The first-order valence-corrected chi connectivity index (χ1v) is 12.2. The molecule has 14 nitrogen and oxygen atoms in total. The smallest absolute Gasteiger partial charge is 0.215 e. The number of amides is 1. The van der Waals surface area contributed by atoms with E-state index in [9.17, 15) is 20.1 Å². The SMILES string of the molecule is CN[C@@H]1[C@@H](O)[C@@H](O[C@H]2[C@H](NC=O)C[C@H](N)C(O[C@H]3OC(CNCCO)=CC[C@H]3N)[C@@H]2O)OC[C@]1(C)O. The average Bonchev–Trinajstić information content (AvgIpc) is 2.82. The molecule has 1 unspecified atom stereocenters. The van der Waals surface area contributed by atoms with Gasteiger partial charge in [0.25, 0.3) is 0 Å². The highest BCUT2D eigenvalue weighted by atomic mass is 16.7. The molecule has 0 aromatic heterocycles. The van der Waals surface area contributed by atoms with Crippen LogP contribution in [0.25, 0.3) is 0 Å². The van der Waals surface area contributed by atoms with Crippen LogP contribution in [0.1, 0.15) is 19.8 Å². The van der Waals surface area contributed by atoms with Gasteiger partial charge in [-0.2, -0.15) is 0 Å². The van der Waals surface area contributed by atoms with Crippen LogP contribution in [0.5, 0.6) is 0 Å². The normalized spacial score (nSPS) is 43.4. The van der Waals surface area contributed by atoms with Crippen LogP contribution in [0.2, 0.25) is 0 Å². The van der Waals surface area contributed by atoms with Crippen LogP contribution >= 0.6 is 0 Å². The van der Waals surface area contributed by atoms with E-state index in [2.05, 4.69) is 16.0 Å². The molecular formula is C22H41N5O9. The summed E-state index contributed by atoms with van der Waals surface area (Å²) in [6.07, 6.45) is -3.75. The lowest BCUT2D eigenvalue weighted by Gasteiger charge is -2.48. The Hall–Kier alpha value is -1.43. The van der Waals surface area contributed by atoms with Gasteiger partial charge >= 0.3 is 0 Å². The summed E-state index contributed by atoms with van der Waals surface area (Å²) in [7, 11) is 1.59. The molecule has 3 aliphatic rings. The van der Waals surface area contributed by atoms with Crippen LogP contribution in [0, 0.1) is 0 Å². The Morgan fingerprint density at radius 3 is 2.58 bits per heavy atom. The molecule has 1 aliphatic carbocycles. The van der Waals surface area contributed by atoms with Gasteiger partial charge in [0.05, 0.1) is 37.9 Å². The van der Waals surface area contributed by atoms with Crippen molar-refractivity contribution in [1.29, 1.82) is 0 Å². The summed E-state index contributed by atoms with van der Waals surface area (Å²) < 4.78 is 23.5. The highest BCUT2D eigenvalue weighted by Crippen LogP contribution is 2.31. The molecule has 2 fully saturated rings. The van der Waals surface area contributed by atoms with Crippen LogP contribution in [-0.2, 0) is 23.7 Å². The lowest BCUT2D eigenvalue weighted by atomic mass is 9.83. The molecule has 208 valence electrons. The fraction of sp³-hybridized carbons (Fsp3) is 0.864. The molecule has 0 aromatic rings. The van der Waals surface area contributed by atoms with Crippen molar-refractivity contribution in [2.45, 2.75) is 86.5 Å². The van der Waals surface area contributed by atoms with Gasteiger partial charge in [-0.05, 0) is 32.9 Å². The number of aliphatic hydroxyl groups excluding tert-OH is 3. The number of rotatable bonds is 11. The van der Waals surface area contributed by atoms with Crippen molar-refractivity contribution >= 4 is 6.41 Å². The number of aliphatic hydroxyl groups is 4. The first kappa shape index (κ1) is 29.1. The summed E-state index contributed by atoms with van der Waals surface area (Å²) >= 11 is 0. The summed E-state index contributed by atoms with van der Waals surface area (Å²) in [5.74, 6) is 0.589. The van der Waals surface area contributed by atoms with Gasteiger partial charge in [0.1, 0.15) is 35.8 Å². The minimum absolute atomic E-state index is 0.0146. The average molecular weight is 520 g/mol. The molecule has 11 N–H and O–H groups in total. The quantitative estimate of drug-likeness (QED) is 0.0929. The molecule has 2 heterocycles. The second-order valence-corrected chi connectivity index (χ2v) is 9.73. The zero-order valence-electron chi connectivity index (χ0n) is 20.7. The van der Waals surface area contributed by atoms with Crippen molar-refractivity contribution in [3.8, 4) is 0 Å². The number of ether oxygens (including phenoxy) is 4. The van der Waals surface area contributed by atoms with E-state index < -0.39 is 66.8 Å². The second kappa shape index (κ2) is 12.9. The maximum atomic E-state index is 11.3. The Morgan fingerprint density at radius 2 is 1.92 bits per heavy atom. The largest absolute Gasteiger partial charge is 0.467 e. The maximum Gasteiger partial charge on any atom is 0.215 e. The van der Waals surface area contributed by atoms with E-state index in [1.54, 1.807) is 7.05 Å². The van der Waals surface area contributed by atoms with Gasteiger partial charge in [0.2, 0.25) is 12.7 Å². The summed E-state index contributed by atoms with van der Waals surface area (Å²) in [5.41, 5.74) is 11.2. The van der Waals surface area contributed by atoms with Crippen LogP contribution in [0.15, 0.2) is 11.8 Å². The Kier molecular flexibility index (Phi) is 10.4. The van der Waals surface area contributed by atoms with Gasteiger partial charge in [-0.15, -0.1) is 0 Å². The number of carbonyl (C=O) groups is 1. The van der Waals surface area contributed by atoms with Crippen molar-refractivity contribution in [1.82, 2.24) is 16.0 Å². The lowest BCUT2D eigenvalue weighted by Crippen LogP contribution is -2.69. The number of hydrogen-bond acceptors (Lipinski definition) is 13. The first-order valence-electron chi connectivity index (χ1n) is 12.2. The molecule has 14 heteroatoms. The van der Waals surface area contributed by atoms with Crippen molar-refractivity contribution in [2.75, 3.05) is 33.4 Å². The molecule has 0 spiro atoms.